The Labute approximate surface area is 137 Å². The van der Waals surface area contributed by atoms with E-state index < -0.39 is 10.9 Å². The number of aliphatic imine (C=N–C) groups is 1. The summed E-state index contributed by atoms with van der Waals surface area (Å²) in [6.07, 6.45) is 0. The molecule has 1 unspecified atom stereocenters. The molecule has 3 rings (SSSR count). The Hall–Kier alpha value is -1.78. The van der Waals surface area contributed by atoms with Gasteiger partial charge in [-0.15, -0.1) is 10.9 Å². The molecule has 0 saturated heterocycles. The highest BCUT2D eigenvalue weighted by Gasteiger charge is 2.24. The van der Waals surface area contributed by atoms with E-state index in [1.54, 1.807) is 12.7 Å². The van der Waals surface area contributed by atoms with Crippen molar-refractivity contribution in [1.82, 2.24) is 0 Å². The Morgan fingerprint density at radius 3 is 2.64 bits per heavy atom. The Kier molecular flexibility index (Phi) is 4.23. The number of carbonyl (C=O) groups is 1. The van der Waals surface area contributed by atoms with Crippen molar-refractivity contribution in [2.24, 2.45) is 4.99 Å². The molecule has 1 atom stereocenters. The monoisotopic (exact) mass is 333 g/mol. The van der Waals surface area contributed by atoms with Gasteiger partial charge >= 0.3 is 0 Å². The summed E-state index contributed by atoms with van der Waals surface area (Å²) in [4.78, 5) is 17.3. The Balaban J connectivity index is 1.90. The summed E-state index contributed by atoms with van der Waals surface area (Å²) in [6, 6.07) is 11.3. The molecule has 3 nitrogen and oxygen atoms in total. The summed E-state index contributed by atoms with van der Waals surface area (Å²) in [5.41, 5.74) is 5.25. The molecular formula is C17H16ClNO2S. The summed E-state index contributed by atoms with van der Waals surface area (Å²) in [6.45, 7) is 1.93. The van der Waals surface area contributed by atoms with E-state index in [2.05, 4.69) is 4.99 Å². The normalized spacial score (nSPS) is 18.1. The minimum absolute atomic E-state index is 0.176. The van der Waals surface area contributed by atoms with E-state index in [0.717, 1.165) is 22.4 Å². The van der Waals surface area contributed by atoms with Crippen LogP contribution in [0.5, 0.6) is 5.75 Å². The average Bonchev–Trinajstić information content (AvgIpc) is 2.51. The van der Waals surface area contributed by atoms with Crippen molar-refractivity contribution in [2.75, 3.05) is 7.11 Å². The van der Waals surface area contributed by atoms with Gasteiger partial charge in [-0.3, -0.25) is 9.79 Å². The molecule has 0 fully saturated rings. The second-order valence-electron chi connectivity index (χ2n) is 5.14. The van der Waals surface area contributed by atoms with Crippen molar-refractivity contribution in [1.29, 1.82) is 0 Å². The summed E-state index contributed by atoms with van der Waals surface area (Å²) in [5.74, 6) is 1.42. The number of hydrogen-bond acceptors (Lipinski definition) is 3. The Morgan fingerprint density at radius 1 is 1.23 bits per heavy atom. The molecule has 114 valence electrons. The SMILES string of the molecule is COc1cc(C)c2c(c1)N=C[SH](Cc1ccc(Cl)cc1)C2=O. The number of carbonyl (C=O) groups excluding carboxylic acids is 1. The van der Waals surface area contributed by atoms with E-state index in [-0.39, 0.29) is 5.12 Å². The smallest absolute Gasteiger partial charge is 0.207 e. The van der Waals surface area contributed by atoms with Crippen molar-refractivity contribution in [3.8, 4) is 5.75 Å². The Morgan fingerprint density at radius 2 is 1.95 bits per heavy atom. The first-order valence-electron chi connectivity index (χ1n) is 6.86. The largest absolute Gasteiger partial charge is 0.497 e. The first-order chi connectivity index (χ1) is 10.6. The predicted octanol–water partition coefficient (Wildman–Crippen LogP) is 4.67. The van der Waals surface area contributed by atoms with Crippen LogP contribution >= 0.6 is 22.5 Å². The van der Waals surface area contributed by atoms with Crippen molar-refractivity contribution < 1.29 is 9.53 Å². The molecule has 0 radical (unpaired) electrons. The first kappa shape index (κ1) is 15.1. The molecule has 0 N–H and O–H groups in total. The highest BCUT2D eigenvalue weighted by molar-refractivity contribution is 8.39. The third-order valence-electron chi connectivity index (χ3n) is 3.60. The van der Waals surface area contributed by atoms with Crippen LogP contribution in [0.25, 0.3) is 0 Å². The van der Waals surface area contributed by atoms with Crippen LogP contribution < -0.4 is 4.74 Å². The molecule has 22 heavy (non-hydrogen) atoms. The lowest BCUT2D eigenvalue weighted by atomic mass is 10.1. The summed E-state index contributed by atoms with van der Waals surface area (Å²) < 4.78 is 5.24. The second kappa shape index (κ2) is 6.15. The average molecular weight is 334 g/mol. The third-order valence-corrected chi connectivity index (χ3v) is 5.70. The van der Waals surface area contributed by atoms with Gasteiger partial charge in [-0.25, -0.2) is 0 Å². The third kappa shape index (κ3) is 2.89. The Bertz CT molecular complexity index is 756. The van der Waals surface area contributed by atoms with Crippen LogP contribution in [0.3, 0.4) is 0 Å². The van der Waals surface area contributed by atoms with E-state index >= 15 is 0 Å². The number of methoxy groups -OCH3 is 1. The molecule has 0 aliphatic carbocycles. The minimum Gasteiger partial charge on any atom is -0.497 e. The van der Waals surface area contributed by atoms with Gasteiger partial charge in [0.25, 0.3) is 0 Å². The maximum atomic E-state index is 12.8. The summed E-state index contributed by atoms with van der Waals surface area (Å²) in [7, 11) is 0.664. The number of rotatable bonds is 3. The lowest BCUT2D eigenvalue weighted by Gasteiger charge is -2.22. The van der Waals surface area contributed by atoms with Crippen LogP contribution in [-0.2, 0) is 5.75 Å². The molecule has 1 heterocycles. The van der Waals surface area contributed by atoms with Crippen LogP contribution in [0, 0.1) is 6.92 Å². The highest BCUT2D eigenvalue weighted by Crippen LogP contribution is 2.42. The fourth-order valence-electron chi connectivity index (χ4n) is 2.46. The number of aryl methyl sites for hydroxylation is 1. The van der Waals surface area contributed by atoms with Crippen LogP contribution in [0.15, 0.2) is 41.4 Å². The first-order valence-corrected chi connectivity index (χ1v) is 8.84. The summed E-state index contributed by atoms with van der Waals surface area (Å²) in [5, 5.41) is 0.878. The van der Waals surface area contributed by atoms with Gasteiger partial charge in [-0.05, 0) is 36.2 Å². The van der Waals surface area contributed by atoms with Gasteiger partial charge in [0, 0.05) is 22.4 Å². The summed E-state index contributed by atoms with van der Waals surface area (Å²) >= 11 is 5.90. The molecule has 5 heteroatoms. The fraction of sp³-hybridized carbons (Fsp3) is 0.176. The van der Waals surface area contributed by atoms with Gasteiger partial charge in [0.1, 0.15) is 5.75 Å². The lowest BCUT2D eigenvalue weighted by molar-refractivity contribution is 0.108. The fourth-order valence-corrected chi connectivity index (χ4v) is 4.36. The van der Waals surface area contributed by atoms with Gasteiger partial charge in [0.15, 0.2) is 0 Å². The number of halogens is 1. The van der Waals surface area contributed by atoms with Gasteiger partial charge in [0.05, 0.1) is 18.4 Å². The van der Waals surface area contributed by atoms with Crippen LogP contribution in [0.1, 0.15) is 21.5 Å². The zero-order valence-corrected chi connectivity index (χ0v) is 14.0. The number of thiol groups is 1. The van der Waals surface area contributed by atoms with E-state index in [9.17, 15) is 4.79 Å². The van der Waals surface area contributed by atoms with Crippen LogP contribution in [0.2, 0.25) is 5.02 Å². The van der Waals surface area contributed by atoms with Crippen molar-refractivity contribution in [3.05, 3.63) is 58.1 Å². The molecule has 0 bridgehead atoms. The molecule has 1 aliphatic heterocycles. The van der Waals surface area contributed by atoms with Crippen molar-refractivity contribution >= 4 is 38.8 Å². The van der Waals surface area contributed by atoms with E-state index in [1.165, 1.54) is 0 Å². The molecular weight excluding hydrogens is 318 g/mol. The lowest BCUT2D eigenvalue weighted by Crippen LogP contribution is -2.10. The van der Waals surface area contributed by atoms with Gasteiger partial charge in [-0.1, -0.05) is 23.7 Å². The van der Waals surface area contributed by atoms with Crippen molar-refractivity contribution in [3.63, 3.8) is 0 Å². The van der Waals surface area contributed by atoms with Crippen LogP contribution in [-0.4, -0.2) is 17.8 Å². The quantitative estimate of drug-likeness (QED) is 0.829. The topological polar surface area (TPSA) is 38.7 Å². The second-order valence-corrected chi connectivity index (χ2v) is 7.47. The molecule has 1 aliphatic rings. The maximum Gasteiger partial charge on any atom is 0.207 e. The predicted molar refractivity (Wildman–Crippen MR) is 94.4 cm³/mol. The molecule has 0 saturated carbocycles. The number of hydrogen-bond donors (Lipinski definition) is 1. The van der Waals surface area contributed by atoms with E-state index in [1.807, 2.05) is 43.3 Å². The molecule has 2 aromatic carbocycles. The number of fused-ring (bicyclic) bond motifs is 1. The number of benzene rings is 2. The van der Waals surface area contributed by atoms with Gasteiger partial charge < -0.3 is 4.74 Å². The molecule has 0 spiro atoms. The molecule has 2 aromatic rings. The van der Waals surface area contributed by atoms with Gasteiger partial charge in [0.2, 0.25) is 5.12 Å². The molecule has 0 amide bonds. The van der Waals surface area contributed by atoms with Crippen LogP contribution in [0.4, 0.5) is 5.69 Å². The standard InChI is InChI=1S/C17H16ClNO2S/c1-11-7-14(21-2)8-15-16(11)17(20)22(10-19-15)9-12-3-5-13(18)6-4-12/h3-8,10,22H,9H2,1-2H3. The van der Waals surface area contributed by atoms with E-state index in [4.69, 9.17) is 16.3 Å². The van der Waals surface area contributed by atoms with E-state index in [0.29, 0.717) is 16.5 Å². The van der Waals surface area contributed by atoms with Crippen molar-refractivity contribution in [2.45, 2.75) is 12.7 Å². The van der Waals surface area contributed by atoms with Gasteiger partial charge in [-0.2, -0.15) is 0 Å². The highest BCUT2D eigenvalue weighted by atomic mass is 35.5. The number of ether oxygens (including phenoxy) is 1. The minimum atomic E-state index is -0.950. The number of nitrogens with zero attached hydrogens (tertiary/aromatic N) is 1. The maximum absolute atomic E-state index is 12.8. The molecule has 0 aromatic heterocycles. The zero-order valence-electron chi connectivity index (χ0n) is 12.3. The zero-order chi connectivity index (χ0) is 15.7.